The van der Waals surface area contributed by atoms with Crippen LogP contribution in [0.25, 0.3) is 0 Å². The van der Waals surface area contributed by atoms with E-state index in [0.29, 0.717) is 5.16 Å². The van der Waals surface area contributed by atoms with Crippen LogP contribution in [0.5, 0.6) is 0 Å². The molecule has 0 aliphatic rings. The van der Waals surface area contributed by atoms with Gasteiger partial charge in [-0.05, 0) is 35.2 Å². The molecule has 84 valence electrons. The molecule has 0 fully saturated rings. The topological polar surface area (TPSA) is 82.5 Å². The van der Waals surface area contributed by atoms with Crippen LogP contribution in [0, 0.1) is 0 Å². The highest BCUT2D eigenvalue weighted by Gasteiger charge is 2.12. The van der Waals surface area contributed by atoms with E-state index in [9.17, 15) is 0 Å². The van der Waals surface area contributed by atoms with Crippen LogP contribution >= 0.6 is 11.8 Å². The average molecular weight is 236 g/mol. The molecule has 1 atom stereocenters. The third kappa shape index (κ3) is 2.20. The van der Waals surface area contributed by atoms with Crippen molar-refractivity contribution in [2.75, 3.05) is 0 Å². The number of pyridine rings is 1. The zero-order chi connectivity index (χ0) is 11.5. The number of rotatable bonds is 3. The van der Waals surface area contributed by atoms with Crippen LogP contribution in [0.2, 0.25) is 0 Å². The summed E-state index contributed by atoms with van der Waals surface area (Å²) in [6.45, 7) is 1.93. The first kappa shape index (κ1) is 11.0. The fraction of sp³-hybridized carbons (Fsp3) is 0.333. The van der Waals surface area contributed by atoms with Crippen LogP contribution < -0.4 is 5.73 Å². The Bertz CT molecular complexity index is 480. The average Bonchev–Trinajstić information content (AvgIpc) is 2.65. The number of nitrogens with two attached hydrogens (primary N) is 1. The summed E-state index contributed by atoms with van der Waals surface area (Å²) < 4.78 is 1.60. The molecular weight excluding hydrogens is 224 g/mol. The number of hydrogen-bond donors (Lipinski definition) is 1. The highest BCUT2D eigenvalue weighted by molar-refractivity contribution is 7.99. The lowest BCUT2D eigenvalue weighted by Gasteiger charge is -2.09. The fourth-order valence-electron chi connectivity index (χ4n) is 1.23. The summed E-state index contributed by atoms with van der Waals surface area (Å²) in [5.41, 5.74) is 6.87. The second kappa shape index (κ2) is 4.58. The van der Waals surface area contributed by atoms with Crippen LogP contribution in [-0.4, -0.2) is 25.2 Å². The molecule has 7 heteroatoms. The van der Waals surface area contributed by atoms with Gasteiger partial charge >= 0.3 is 0 Å². The molecule has 2 N–H and O–H groups in total. The van der Waals surface area contributed by atoms with Gasteiger partial charge in [0.25, 0.3) is 0 Å². The van der Waals surface area contributed by atoms with E-state index >= 15 is 0 Å². The summed E-state index contributed by atoms with van der Waals surface area (Å²) in [7, 11) is 1.79. The Hall–Kier alpha value is -1.47. The number of tetrazole rings is 1. The van der Waals surface area contributed by atoms with Crippen molar-refractivity contribution in [2.24, 2.45) is 12.8 Å². The lowest BCUT2D eigenvalue weighted by atomic mass is 10.2. The smallest absolute Gasteiger partial charge is 0.215 e. The number of aryl methyl sites for hydroxylation is 1. The van der Waals surface area contributed by atoms with Gasteiger partial charge in [0.1, 0.15) is 5.03 Å². The first-order valence-electron chi connectivity index (χ1n) is 4.79. The summed E-state index contributed by atoms with van der Waals surface area (Å²) in [5, 5.41) is 12.8. The summed E-state index contributed by atoms with van der Waals surface area (Å²) in [6.07, 6.45) is 1.73. The van der Waals surface area contributed by atoms with E-state index in [2.05, 4.69) is 20.5 Å². The van der Waals surface area contributed by atoms with E-state index in [-0.39, 0.29) is 6.04 Å². The quantitative estimate of drug-likeness (QED) is 0.847. The third-order valence-corrected chi connectivity index (χ3v) is 3.12. The Morgan fingerprint density at radius 2 is 2.31 bits per heavy atom. The fourth-order valence-corrected chi connectivity index (χ4v) is 2.13. The van der Waals surface area contributed by atoms with Crippen molar-refractivity contribution < 1.29 is 0 Å². The first-order chi connectivity index (χ1) is 7.68. The van der Waals surface area contributed by atoms with Crippen molar-refractivity contribution in [1.82, 2.24) is 25.2 Å². The summed E-state index contributed by atoms with van der Waals surface area (Å²) in [4.78, 5) is 4.29. The maximum Gasteiger partial charge on any atom is 0.215 e. The molecule has 0 spiro atoms. The molecule has 0 unspecified atom stereocenters. The maximum atomic E-state index is 5.87. The van der Waals surface area contributed by atoms with Crippen LogP contribution in [0.4, 0.5) is 0 Å². The molecule has 2 aromatic rings. The van der Waals surface area contributed by atoms with Gasteiger partial charge in [-0.1, -0.05) is 6.07 Å². The zero-order valence-corrected chi connectivity index (χ0v) is 9.85. The minimum absolute atomic E-state index is 0.0580. The molecule has 0 radical (unpaired) electrons. The second-order valence-electron chi connectivity index (χ2n) is 3.37. The molecule has 0 saturated heterocycles. The molecule has 6 nitrogen and oxygen atoms in total. The Labute approximate surface area is 97.2 Å². The largest absolute Gasteiger partial charge is 0.324 e. The van der Waals surface area contributed by atoms with Crippen LogP contribution in [-0.2, 0) is 7.05 Å². The monoisotopic (exact) mass is 236 g/mol. The molecule has 0 aromatic carbocycles. The molecular formula is C9H12N6S. The Morgan fingerprint density at radius 1 is 1.50 bits per heavy atom. The van der Waals surface area contributed by atoms with Gasteiger partial charge in [-0.2, -0.15) is 0 Å². The lowest BCUT2D eigenvalue weighted by molar-refractivity contribution is 0.663. The summed E-state index contributed by atoms with van der Waals surface area (Å²) >= 11 is 1.41. The van der Waals surface area contributed by atoms with E-state index < -0.39 is 0 Å². The van der Waals surface area contributed by atoms with Crippen molar-refractivity contribution in [1.29, 1.82) is 0 Å². The van der Waals surface area contributed by atoms with E-state index in [0.717, 1.165) is 10.6 Å². The van der Waals surface area contributed by atoms with Crippen molar-refractivity contribution in [3.05, 3.63) is 23.9 Å². The third-order valence-electron chi connectivity index (χ3n) is 2.06. The van der Waals surface area contributed by atoms with Gasteiger partial charge in [-0.3, -0.25) is 0 Å². The van der Waals surface area contributed by atoms with Crippen molar-refractivity contribution in [3.63, 3.8) is 0 Å². The van der Waals surface area contributed by atoms with Crippen molar-refractivity contribution in [3.8, 4) is 0 Å². The molecule has 0 saturated carbocycles. The standard InChI is InChI=1S/C9H12N6S/c1-6(10)7-4-3-5-11-8(7)16-9-12-13-14-15(9)2/h3-6H,10H2,1-2H3/t6-/m1/s1. The molecule has 16 heavy (non-hydrogen) atoms. The minimum atomic E-state index is -0.0580. The number of hydrogen-bond acceptors (Lipinski definition) is 6. The molecule has 0 aliphatic carbocycles. The molecule has 0 bridgehead atoms. The SMILES string of the molecule is C[C@@H](N)c1cccnc1Sc1nnnn1C. The van der Waals surface area contributed by atoms with E-state index in [1.165, 1.54) is 11.8 Å². The molecule has 2 aromatic heterocycles. The van der Waals surface area contributed by atoms with Gasteiger partial charge in [0, 0.05) is 24.8 Å². The van der Waals surface area contributed by atoms with Crippen LogP contribution in [0.15, 0.2) is 28.5 Å². The van der Waals surface area contributed by atoms with E-state index in [1.807, 2.05) is 19.1 Å². The lowest BCUT2D eigenvalue weighted by Crippen LogP contribution is -2.07. The predicted octanol–water partition coefficient (Wildman–Crippen LogP) is 0.776. The maximum absolute atomic E-state index is 5.87. The second-order valence-corrected chi connectivity index (χ2v) is 4.33. The Morgan fingerprint density at radius 3 is 2.94 bits per heavy atom. The normalized spacial score (nSPS) is 12.7. The summed E-state index contributed by atoms with van der Waals surface area (Å²) in [5.74, 6) is 0. The number of aromatic nitrogens is 5. The van der Waals surface area contributed by atoms with Crippen LogP contribution in [0.3, 0.4) is 0 Å². The molecule has 2 rings (SSSR count). The van der Waals surface area contributed by atoms with Crippen molar-refractivity contribution >= 4 is 11.8 Å². The summed E-state index contributed by atoms with van der Waals surface area (Å²) in [6, 6.07) is 3.78. The molecule has 0 aliphatic heterocycles. The van der Waals surface area contributed by atoms with E-state index in [4.69, 9.17) is 5.73 Å². The first-order valence-corrected chi connectivity index (χ1v) is 5.61. The van der Waals surface area contributed by atoms with Gasteiger partial charge in [0.15, 0.2) is 0 Å². The highest BCUT2D eigenvalue weighted by atomic mass is 32.2. The Kier molecular flexibility index (Phi) is 3.16. The van der Waals surface area contributed by atoms with Gasteiger partial charge in [0.05, 0.1) is 0 Å². The van der Waals surface area contributed by atoms with Gasteiger partial charge in [-0.25, -0.2) is 9.67 Å². The van der Waals surface area contributed by atoms with Crippen LogP contribution in [0.1, 0.15) is 18.5 Å². The minimum Gasteiger partial charge on any atom is -0.324 e. The molecule has 0 amide bonds. The van der Waals surface area contributed by atoms with E-state index in [1.54, 1.807) is 17.9 Å². The number of nitrogens with zero attached hydrogens (tertiary/aromatic N) is 5. The van der Waals surface area contributed by atoms with Gasteiger partial charge in [0.2, 0.25) is 5.16 Å². The molecule has 2 heterocycles. The predicted molar refractivity (Wildman–Crippen MR) is 59.8 cm³/mol. The highest BCUT2D eigenvalue weighted by Crippen LogP contribution is 2.28. The Balaban J connectivity index is 2.31. The zero-order valence-electron chi connectivity index (χ0n) is 9.03. The van der Waals surface area contributed by atoms with Crippen molar-refractivity contribution in [2.45, 2.75) is 23.1 Å². The van der Waals surface area contributed by atoms with Gasteiger partial charge < -0.3 is 5.73 Å². The van der Waals surface area contributed by atoms with Gasteiger partial charge in [-0.15, -0.1) is 5.10 Å².